The average molecular weight is 272 g/mol. The molecule has 0 radical (unpaired) electrons. The van der Waals surface area contributed by atoms with E-state index in [1.807, 2.05) is 0 Å². The summed E-state index contributed by atoms with van der Waals surface area (Å²) in [7, 11) is 0. The number of nitrogens with one attached hydrogen (secondary N) is 1. The molecule has 3 heterocycles. The van der Waals surface area contributed by atoms with Crippen LogP contribution in [0.4, 0.5) is 5.69 Å². The zero-order chi connectivity index (χ0) is 13.9. The van der Waals surface area contributed by atoms with Crippen molar-refractivity contribution in [1.29, 1.82) is 0 Å². The molecular weight excluding hydrogens is 260 g/mol. The Hall–Kier alpha value is -2.77. The van der Waals surface area contributed by atoms with Gasteiger partial charge in [-0.25, -0.2) is 5.43 Å². The summed E-state index contributed by atoms with van der Waals surface area (Å²) in [6, 6.07) is 1.64. The largest absolute Gasteiger partial charge is 0.311 e. The quantitative estimate of drug-likeness (QED) is 0.860. The Kier molecular flexibility index (Phi) is 3.12. The van der Waals surface area contributed by atoms with E-state index in [1.165, 1.54) is 23.4 Å². The molecule has 0 aliphatic carbocycles. The fraction of sp³-hybridized carbons (Fsp3) is 0.250. The minimum absolute atomic E-state index is 0.0561. The predicted molar refractivity (Wildman–Crippen MR) is 69.5 cm³/mol. The highest BCUT2D eigenvalue weighted by molar-refractivity contribution is 6.01. The maximum atomic E-state index is 12.0. The van der Waals surface area contributed by atoms with Crippen molar-refractivity contribution in [3.8, 4) is 0 Å². The molecule has 2 aromatic heterocycles. The van der Waals surface area contributed by atoms with Crippen LogP contribution in [-0.4, -0.2) is 38.4 Å². The first-order valence-electron chi connectivity index (χ1n) is 6.17. The van der Waals surface area contributed by atoms with Gasteiger partial charge in [0, 0.05) is 19.2 Å². The highest BCUT2D eigenvalue weighted by Crippen LogP contribution is 2.21. The summed E-state index contributed by atoms with van der Waals surface area (Å²) >= 11 is 0. The first kappa shape index (κ1) is 12.3. The van der Waals surface area contributed by atoms with Gasteiger partial charge in [-0.1, -0.05) is 0 Å². The number of aromatic nitrogens is 4. The van der Waals surface area contributed by atoms with Crippen molar-refractivity contribution in [1.82, 2.24) is 20.1 Å². The Labute approximate surface area is 114 Å². The van der Waals surface area contributed by atoms with Crippen LogP contribution < -0.4 is 10.3 Å². The van der Waals surface area contributed by atoms with Crippen LogP contribution in [-0.2, 0) is 4.79 Å². The van der Waals surface area contributed by atoms with Crippen molar-refractivity contribution in [2.45, 2.75) is 12.8 Å². The number of pyridine rings is 1. The maximum Gasteiger partial charge on any atom is 0.273 e. The van der Waals surface area contributed by atoms with E-state index in [2.05, 4.69) is 20.7 Å². The first-order valence-corrected chi connectivity index (χ1v) is 6.17. The van der Waals surface area contributed by atoms with E-state index in [9.17, 15) is 9.59 Å². The first-order chi connectivity index (χ1) is 9.74. The van der Waals surface area contributed by atoms with E-state index < -0.39 is 0 Å². The van der Waals surface area contributed by atoms with Gasteiger partial charge in [-0.3, -0.25) is 14.6 Å². The number of carbonyl (C=O) groups is 2. The lowest BCUT2D eigenvalue weighted by molar-refractivity contribution is -0.117. The van der Waals surface area contributed by atoms with Crippen LogP contribution in [0.15, 0.2) is 30.9 Å². The lowest BCUT2D eigenvalue weighted by atomic mass is 10.2. The van der Waals surface area contributed by atoms with Crippen molar-refractivity contribution in [3.05, 3.63) is 36.4 Å². The molecule has 3 rings (SSSR count). The molecule has 1 aliphatic heterocycles. The van der Waals surface area contributed by atoms with Gasteiger partial charge in [-0.15, -0.1) is 5.10 Å². The van der Waals surface area contributed by atoms with Gasteiger partial charge < -0.3 is 4.90 Å². The summed E-state index contributed by atoms with van der Waals surface area (Å²) in [5.74, 6) is -0.308. The molecule has 0 saturated carbocycles. The van der Waals surface area contributed by atoms with Gasteiger partial charge in [0.2, 0.25) is 5.91 Å². The van der Waals surface area contributed by atoms with Crippen molar-refractivity contribution < 1.29 is 9.59 Å². The van der Waals surface area contributed by atoms with Crippen molar-refractivity contribution in [3.63, 3.8) is 0 Å². The minimum atomic E-state index is -0.364. The Morgan fingerprint density at radius 3 is 2.95 bits per heavy atom. The fourth-order valence-corrected chi connectivity index (χ4v) is 2.06. The SMILES string of the molecule is O=C(Nn1ccnn1)c1cncc(N2CCCC2=O)c1. The number of anilines is 1. The topological polar surface area (TPSA) is 93.0 Å². The van der Waals surface area contributed by atoms with Crippen LogP contribution in [0.25, 0.3) is 0 Å². The van der Waals surface area contributed by atoms with E-state index in [4.69, 9.17) is 0 Å². The Morgan fingerprint density at radius 2 is 2.25 bits per heavy atom. The zero-order valence-corrected chi connectivity index (χ0v) is 10.6. The predicted octanol–water partition coefficient (Wildman–Crippen LogP) is 0.184. The second-order valence-corrected chi connectivity index (χ2v) is 4.37. The van der Waals surface area contributed by atoms with Gasteiger partial charge in [0.1, 0.15) is 0 Å². The van der Waals surface area contributed by atoms with E-state index in [0.29, 0.717) is 24.2 Å². The van der Waals surface area contributed by atoms with Gasteiger partial charge in [0.25, 0.3) is 5.91 Å². The fourth-order valence-electron chi connectivity index (χ4n) is 2.06. The summed E-state index contributed by atoms with van der Waals surface area (Å²) < 4.78 is 0. The van der Waals surface area contributed by atoms with Crippen LogP contribution in [0.2, 0.25) is 0 Å². The molecule has 2 amide bonds. The lowest BCUT2D eigenvalue weighted by Gasteiger charge is -2.15. The Balaban J connectivity index is 1.80. The van der Waals surface area contributed by atoms with E-state index >= 15 is 0 Å². The van der Waals surface area contributed by atoms with Crippen LogP contribution in [0.1, 0.15) is 23.2 Å². The summed E-state index contributed by atoms with van der Waals surface area (Å²) in [4.78, 5) is 30.6. The molecule has 0 spiro atoms. The van der Waals surface area contributed by atoms with Crippen molar-refractivity contribution >= 4 is 17.5 Å². The molecule has 8 heteroatoms. The van der Waals surface area contributed by atoms with Gasteiger partial charge in [-0.2, -0.15) is 4.79 Å². The zero-order valence-electron chi connectivity index (χ0n) is 10.6. The molecule has 8 nitrogen and oxygen atoms in total. The summed E-state index contributed by atoms with van der Waals surface area (Å²) in [5.41, 5.74) is 3.52. The Morgan fingerprint density at radius 1 is 1.35 bits per heavy atom. The van der Waals surface area contributed by atoms with Gasteiger partial charge in [0.15, 0.2) is 0 Å². The molecule has 2 aromatic rings. The monoisotopic (exact) mass is 272 g/mol. The van der Waals surface area contributed by atoms with E-state index in [-0.39, 0.29) is 11.8 Å². The summed E-state index contributed by atoms with van der Waals surface area (Å²) in [5, 5.41) is 7.23. The van der Waals surface area contributed by atoms with Crippen LogP contribution in [0, 0.1) is 0 Å². The number of hydrogen-bond donors (Lipinski definition) is 1. The molecule has 0 bridgehead atoms. The van der Waals surface area contributed by atoms with Crippen molar-refractivity contribution in [2.75, 3.05) is 16.9 Å². The molecule has 0 atom stereocenters. The third-order valence-electron chi connectivity index (χ3n) is 3.01. The molecule has 20 heavy (non-hydrogen) atoms. The second kappa shape index (κ2) is 5.08. The normalized spacial score (nSPS) is 14.6. The highest BCUT2D eigenvalue weighted by Gasteiger charge is 2.22. The Bertz CT molecular complexity index is 639. The molecule has 102 valence electrons. The smallest absolute Gasteiger partial charge is 0.273 e. The summed E-state index contributed by atoms with van der Waals surface area (Å²) in [6.45, 7) is 0.661. The van der Waals surface area contributed by atoms with Crippen LogP contribution in [0.3, 0.4) is 0 Å². The molecule has 1 aliphatic rings. The standard InChI is InChI=1S/C12H12N6O2/c19-11-2-1-4-17(11)10-6-9(7-13-8-10)12(20)15-18-5-3-14-16-18/h3,5-8H,1-2,4H2,(H,15,20). The molecule has 0 aromatic carbocycles. The van der Waals surface area contributed by atoms with Gasteiger partial charge >= 0.3 is 0 Å². The van der Waals surface area contributed by atoms with E-state index in [0.717, 1.165) is 6.42 Å². The maximum absolute atomic E-state index is 12.0. The van der Waals surface area contributed by atoms with Crippen LogP contribution in [0.5, 0.6) is 0 Å². The molecule has 1 saturated heterocycles. The molecule has 0 unspecified atom stereocenters. The summed E-state index contributed by atoms with van der Waals surface area (Å²) in [6.07, 6.45) is 7.35. The average Bonchev–Trinajstić information content (AvgIpc) is 3.10. The number of carbonyl (C=O) groups excluding carboxylic acids is 2. The van der Waals surface area contributed by atoms with Crippen molar-refractivity contribution in [2.24, 2.45) is 0 Å². The highest BCUT2D eigenvalue weighted by atomic mass is 16.2. The van der Waals surface area contributed by atoms with Crippen LogP contribution >= 0.6 is 0 Å². The van der Waals surface area contributed by atoms with Gasteiger partial charge in [-0.05, 0) is 17.7 Å². The third-order valence-corrected chi connectivity index (χ3v) is 3.01. The number of rotatable bonds is 3. The third kappa shape index (κ3) is 2.35. The number of amides is 2. The number of hydrogen-bond acceptors (Lipinski definition) is 5. The number of nitrogens with zero attached hydrogens (tertiary/aromatic N) is 5. The minimum Gasteiger partial charge on any atom is -0.311 e. The second-order valence-electron chi connectivity index (χ2n) is 4.37. The van der Waals surface area contributed by atoms with Gasteiger partial charge in [0.05, 0.1) is 29.8 Å². The molecule has 1 fully saturated rings. The molecule has 1 N–H and O–H groups in total. The lowest BCUT2D eigenvalue weighted by Crippen LogP contribution is -2.26. The van der Waals surface area contributed by atoms with E-state index in [1.54, 1.807) is 17.2 Å². The molecular formula is C12H12N6O2.